The first kappa shape index (κ1) is 14.7. The van der Waals surface area contributed by atoms with Gasteiger partial charge in [0.1, 0.15) is 0 Å². The third kappa shape index (κ3) is 2.44. The van der Waals surface area contributed by atoms with Crippen LogP contribution < -0.4 is 4.90 Å². The maximum Gasteiger partial charge on any atom is 0.232 e. The zero-order chi connectivity index (χ0) is 16.0. The van der Waals surface area contributed by atoms with E-state index in [4.69, 9.17) is 0 Å². The summed E-state index contributed by atoms with van der Waals surface area (Å²) < 4.78 is 0. The molecule has 3 aliphatic rings. The Balaban J connectivity index is 1.53. The zero-order valence-corrected chi connectivity index (χ0v) is 13.7. The van der Waals surface area contributed by atoms with Crippen LogP contribution in [-0.2, 0) is 16.0 Å². The molecule has 0 spiro atoms. The predicted octanol–water partition coefficient (Wildman–Crippen LogP) is 2.76. The van der Waals surface area contributed by atoms with Gasteiger partial charge in [0, 0.05) is 30.7 Å². The minimum atomic E-state index is -0.170. The van der Waals surface area contributed by atoms with Crippen molar-refractivity contribution in [3.8, 4) is 0 Å². The molecule has 4 nitrogen and oxygen atoms in total. The molecule has 4 heteroatoms. The van der Waals surface area contributed by atoms with Gasteiger partial charge in [-0.2, -0.15) is 0 Å². The molecular formula is C19H24N2O2. The van der Waals surface area contributed by atoms with Gasteiger partial charge < -0.3 is 9.80 Å². The first-order chi connectivity index (χ1) is 11.1. The number of para-hydroxylation sites is 1. The van der Waals surface area contributed by atoms with E-state index in [0.29, 0.717) is 19.0 Å². The third-order valence-corrected chi connectivity index (χ3v) is 5.72. The van der Waals surface area contributed by atoms with Crippen molar-refractivity contribution in [3.63, 3.8) is 0 Å². The molecule has 1 aliphatic carbocycles. The molecule has 0 bridgehead atoms. The first-order valence-electron chi connectivity index (χ1n) is 8.85. The van der Waals surface area contributed by atoms with Crippen LogP contribution in [0.1, 0.15) is 44.6 Å². The Kier molecular flexibility index (Phi) is 3.63. The van der Waals surface area contributed by atoms with Crippen molar-refractivity contribution in [2.45, 2.75) is 57.5 Å². The Morgan fingerprint density at radius 3 is 2.65 bits per heavy atom. The highest BCUT2D eigenvalue weighted by atomic mass is 16.2. The highest BCUT2D eigenvalue weighted by Gasteiger charge is 2.42. The summed E-state index contributed by atoms with van der Waals surface area (Å²) in [7, 11) is 0. The van der Waals surface area contributed by atoms with E-state index in [1.807, 2.05) is 28.0 Å². The van der Waals surface area contributed by atoms with E-state index < -0.39 is 0 Å². The summed E-state index contributed by atoms with van der Waals surface area (Å²) in [4.78, 5) is 29.4. The quantitative estimate of drug-likeness (QED) is 0.842. The first-order valence-corrected chi connectivity index (χ1v) is 8.85. The molecule has 0 unspecified atom stereocenters. The fraction of sp³-hybridized carbons (Fsp3) is 0.579. The van der Waals surface area contributed by atoms with E-state index in [0.717, 1.165) is 24.9 Å². The van der Waals surface area contributed by atoms with Crippen LogP contribution in [-0.4, -0.2) is 35.3 Å². The van der Waals surface area contributed by atoms with Crippen LogP contribution in [0.15, 0.2) is 24.3 Å². The molecule has 1 aromatic carbocycles. The normalized spacial score (nSPS) is 27.8. The fourth-order valence-electron chi connectivity index (χ4n) is 4.56. The van der Waals surface area contributed by atoms with Gasteiger partial charge in [-0.1, -0.05) is 31.0 Å². The Hall–Kier alpha value is -1.84. The lowest BCUT2D eigenvalue weighted by Gasteiger charge is -2.27. The summed E-state index contributed by atoms with van der Waals surface area (Å²) in [5.41, 5.74) is 2.28. The largest absolute Gasteiger partial charge is 0.339 e. The number of rotatable bonds is 2. The molecule has 1 saturated carbocycles. The van der Waals surface area contributed by atoms with Crippen LogP contribution in [0.2, 0.25) is 0 Å². The number of amides is 2. The van der Waals surface area contributed by atoms with E-state index in [2.05, 4.69) is 13.0 Å². The smallest absolute Gasteiger partial charge is 0.232 e. The molecular weight excluding hydrogens is 288 g/mol. The van der Waals surface area contributed by atoms with Crippen LogP contribution in [0.4, 0.5) is 5.69 Å². The molecule has 2 fully saturated rings. The zero-order valence-electron chi connectivity index (χ0n) is 13.7. The van der Waals surface area contributed by atoms with Crippen molar-refractivity contribution >= 4 is 17.5 Å². The highest BCUT2D eigenvalue weighted by Crippen LogP contribution is 2.36. The summed E-state index contributed by atoms with van der Waals surface area (Å²) >= 11 is 0. The predicted molar refractivity (Wildman–Crippen MR) is 89.2 cm³/mol. The average Bonchev–Trinajstić information content (AvgIpc) is 3.23. The third-order valence-electron chi connectivity index (χ3n) is 5.72. The second-order valence-electron chi connectivity index (χ2n) is 7.28. The Bertz CT molecular complexity index is 636. The number of anilines is 1. The van der Waals surface area contributed by atoms with Gasteiger partial charge in [-0.15, -0.1) is 0 Å². The van der Waals surface area contributed by atoms with Crippen molar-refractivity contribution in [3.05, 3.63) is 29.8 Å². The lowest BCUT2D eigenvalue weighted by atomic mass is 10.1. The number of fused-ring (bicyclic) bond motifs is 1. The highest BCUT2D eigenvalue weighted by molar-refractivity contribution is 6.01. The van der Waals surface area contributed by atoms with E-state index in [-0.39, 0.29) is 23.8 Å². The Labute approximate surface area is 137 Å². The van der Waals surface area contributed by atoms with E-state index in [9.17, 15) is 9.59 Å². The number of nitrogens with zero attached hydrogens (tertiary/aromatic N) is 2. The van der Waals surface area contributed by atoms with Gasteiger partial charge >= 0.3 is 0 Å². The molecule has 2 amide bonds. The minimum Gasteiger partial charge on any atom is -0.339 e. The van der Waals surface area contributed by atoms with Crippen molar-refractivity contribution in [2.24, 2.45) is 5.92 Å². The topological polar surface area (TPSA) is 40.6 Å². The van der Waals surface area contributed by atoms with E-state index in [1.165, 1.54) is 18.4 Å². The Morgan fingerprint density at radius 1 is 1.13 bits per heavy atom. The van der Waals surface area contributed by atoms with Gasteiger partial charge in [0.15, 0.2) is 0 Å². The molecule has 1 aromatic rings. The van der Waals surface area contributed by atoms with Crippen molar-refractivity contribution in [2.75, 3.05) is 11.4 Å². The summed E-state index contributed by atoms with van der Waals surface area (Å²) in [5.74, 6) is 0.142. The van der Waals surface area contributed by atoms with Gasteiger partial charge in [0.25, 0.3) is 0 Å². The number of likely N-dealkylation sites (tertiary alicyclic amines) is 1. The summed E-state index contributed by atoms with van der Waals surface area (Å²) in [6.07, 6.45) is 5.94. The molecule has 0 N–H and O–H groups in total. The Morgan fingerprint density at radius 2 is 1.87 bits per heavy atom. The molecule has 23 heavy (non-hydrogen) atoms. The van der Waals surface area contributed by atoms with Crippen molar-refractivity contribution in [1.82, 2.24) is 4.90 Å². The van der Waals surface area contributed by atoms with Gasteiger partial charge in [0.05, 0.1) is 5.92 Å². The standard InChI is InChI=1S/C19H24N2O2/c1-13-10-14-6-2-5-9-17(14)21(13)19(23)15-11-18(22)20(12-15)16-7-3-4-8-16/h2,5-6,9,13,15-16H,3-4,7-8,10-12H2,1H3/t13-,15-/m0/s1. The summed E-state index contributed by atoms with van der Waals surface area (Å²) in [6, 6.07) is 8.72. The second kappa shape index (κ2) is 5.66. The number of hydrogen-bond acceptors (Lipinski definition) is 2. The van der Waals surface area contributed by atoms with Crippen LogP contribution in [0.25, 0.3) is 0 Å². The number of hydrogen-bond donors (Lipinski definition) is 0. The molecule has 2 atom stereocenters. The monoisotopic (exact) mass is 312 g/mol. The number of carbonyl (C=O) groups excluding carboxylic acids is 2. The molecule has 122 valence electrons. The van der Waals surface area contributed by atoms with Crippen LogP contribution >= 0.6 is 0 Å². The molecule has 2 heterocycles. The maximum absolute atomic E-state index is 13.1. The molecule has 1 saturated heterocycles. The maximum atomic E-state index is 13.1. The van der Waals surface area contributed by atoms with Crippen molar-refractivity contribution < 1.29 is 9.59 Å². The van der Waals surface area contributed by atoms with Crippen molar-refractivity contribution in [1.29, 1.82) is 0 Å². The van der Waals surface area contributed by atoms with Crippen LogP contribution in [0.3, 0.4) is 0 Å². The van der Waals surface area contributed by atoms with E-state index >= 15 is 0 Å². The lowest BCUT2D eigenvalue weighted by molar-refractivity contribution is -0.130. The lowest BCUT2D eigenvalue weighted by Crippen LogP contribution is -2.41. The number of carbonyl (C=O) groups is 2. The second-order valence-corrected chi connectivity index (χ2v) is 7.28. The SMILES string of the molecule is C[C@H]1Cc2ccccc2N1C(=O)[C@H]1CC(=O)N(C2CCCC2)C1. The van der Waals surface area contributed by atoms with Gasteiger partial charge in [-0.3, -0.25) is 9.59 Å². The van der Waals surface area contributed by atoms with Crippen LogP contribution in [0.5, 0.6) is 0 Å². The molecule has 0 aromatic heterocycles. The van der Waals surface area contributed by atoms with Gasteiger partial charge in [-0.05, 0) is 37.8 Å². The number of benzene rings is 1. The minimum absolute atomic E-state index is 0.135. The van der Waals surface area contributed by atoms with Gasteiger partial charge in [-0.25, -0.2) is 0 Å². The average molecular weight is 312 g/mol. The summed E-state index contributed by atoms with van der Waals surface area (Å²) in [5, 5.41) is 0. The molecule has 4 rings (SSSR count). The molecule has 0 radical (unpaired) electrons. The van der Waals surface area contributed by atoms with E-state index in [1.54, 1.807) is 0 Å². The fourth-order valence-corrected chi connectivity index (χ4v) is 4.56. The van der Waals surface area contributed by atoms with Crippen LogP contribution in [0, 0.1) is 5.92 Å². The molecule has 2 aliphatic heterocycles. The summed E-state index contributed by atoms with van der Waals surface area (Å²) in [6.45, 7) is 2.72. The van der Waals surface area contributed by atoms with Gasteiger partial charge in [0.2, 0.25) is 11.8 Å².